The number of hydrogen-bond acceptors (Lipinski definition) is 4. The molecule has 5 nitrogen and oxygen atoms in total. The number of benzene rings is 1. The molecule has 0 amide bonds. The summed E-state index contributed by atoms with van der Waals surface area (Å²) in [5.74, 6) is 0.583. The van der Waals surface area contributed by atoms with E-state index in [-0.39, 0.29) is 5.56 Å². The molecular weight excluding hydrogens is 344 g/mol. The summed E-state index contributed by atoms with van der Waals surface area (Å²) in [6.07, 6.45) is 1.86. The molecule has 0 fully saturated rings. The Labute approximate surface area is 155 Å². The molecule has 6 heteroatoms. The molecule has 0 saturated heterocycles. The Kier molecular flexibility index (Phi) is 4.34. The van der Waals surface area contributed by atoms with E-state index in [2.05, 4.69) is 22.2 Å². The second-order valence-electron chi connectivity index (χ2n) is 6.02. The maximum atomic E-state index is 12.4. The van der Waals surface area contributed by atoms with Crippen LogP contribution in [0, 0.1) is 6.92 Å². The van der Waals surface area contributed by atoms with Gasteiger partial charge in [-0.1, -0.05) is 36.0 Å². The predicted octanol–water partition coefficient (Wildman–Crippen LogP) is 3.83. The lowest BCUT2D eigenvalue weighted by Crippen LogP contribution is -2.17. The largest absolute Gasteiger partial charge is 0.315 e. The molecule has 0 saturated carbocycles. The van der Waals surface area contributed by atoms with Crippen LogP contribution in [-0.4, -0.2) is 18.9 Å². The minimum atomic E-state index is -0.0525. The number of aromatic nitrogens is 4. The first kappa shape index (κ1) is 16.6. The second kappa shape index (κ2) is 6.80. The number of hydrogen-bond donors (Lipinski definition) is 0. The highest BCUT2D eigenvalue weighted by Gasteiger charge is 2.11. The van der Waals surface area contributed by atoms with Crippen LogP contribution in [0.1, 0.15) is 11.4 Å². The SMILES string of the molecule is C=CCn1c(SCc2cc(=O)n3c(C)cccc3n2)nc2ccccc21. The van der Waals surface area contributed by atoms with Crippen molar-refractivity contribution in [3.63, 3.8) is 0 Å². The summed E-state index contributed by atoms with van der Waals surface area (Å²) >= 11 is 1.58. The van der Waals surface area contributed by atoms with Gasteiger partial charge in [0.05, 0.1) is 16.7 Å². The fourth-order valence-electron chi connectivity index (χ4n) is 3.05. The van der Waals surface area contributed by atoms with Crippen LogP contribution in [0.5, 0.6) is 0 Å². The third kappa shape index (κ3) is 2.93. The molecule has 3 heterocycles. The molecule has 1 aromatic carbocycles. The lowest BCUT2D eigenvalue weighted by Gasteiger charge is -2.07. The zero-order valence-corrected chi connectivity index (χ0v) is 15.2. The van der Waals surface area contributed by atoms with Crippen molar-refractivity contribution in [3.8, 4) is 0 Å². The van der Waals surface area contributed by atoms with Gasteiger partial charge < -0.3 is 4.57 Å². The Hall–Kier alpha value is -2.86. The van der Waals surface area contributed by atoms with Crippen molar-refractivity contribution in [3.05, 3.63) is 82.9 Å². The van der Waals surface area contributed by atoms with E-state index in [0.717, 1.165) is 27.6 Å². The van der Waals surface area contributed by atoms with Gasteiger partial charge in [0.1, 0.15) is 5.65 Å². The van der Waals surface area contributed by atoms with Gasteiger partial charge in [0.15, 0.2) is 5.16 Å². The van der Waals surface area contributed by atoms with Crippen LogP contribution in [0.15, 0.2) is 71.1 Å². The number of thioether (sulfide) groups is 1. The Balaban J connectivity index is 1.68. The molecule has 4 aromatic rings. The Morgan fingerprint density at radius 1 is 1.15 bits per heavy atom. The molecular formula is C20H18N4OS. The van der Waals surface area contributed by atoms with Crippen molar-refractivity contribution in [1.29, 1.82) is 0 Å². The number of rotatable bonds is 5. The Morgan fingerprint density at radius 3 is 2.85 bits per heavy atom. The molecule has 0 radical (unpaired) electrons. The number of imidazole rings is 1. The molecule has 0 aliphatic carbocycles. The summed E-state index contributed by atoms with van der Waals surface area (Å²) in [5.41, 5.74) is 4.29. The lowest BCUT2D eigenvalue weighted by molar-refractivity contribution is 0.748. The molecule has 3 aromatic heterocycles. The van der Waals surface area contributed by atoms with Crippen LogP contribution in [-0.2, 0) is 12.3 Å². The molecule has 26 heavy (non-hydrogen) atoms. The number of fused-ring (bicyclic) bond motifs is 2. The van der Waals surface area contributed by atoms with Gasteiger partial charge in [-0.05, 0) is 31.2 Å². The average Bonchev–Trinajstić information content (AvgIpc) is 2.98. The maximum Gasteiger partial charge on any atom is 0.258 e. The van der Waals surface area contributed by atoms with E-state index in [4.69, 9.17) is 4.98 Å². The fourth-order valence-corrected chi connectivity index (χ4v) is 3.96. The standard InChI is InChI=1S/C20H18N4OS/c1-3-11-23-17-9-5-4-8-16(17)22-20(23)26-13-15-12-19(25)24-14(2)7-6-10-18(24)21-15/h3-10,12H,1,11,13H2,2H3. The Morgan fingerprint density at radius 2 is 2.00 bits per heavy atom. The summed E-state index contributed by atoms with van der Waals surface area (Å²) in [5, 5.41) is 0.900. The van der Waals surface area contributed by atoms with Gasteiger partial charge in [0, 0.05) is 24.1 Å². The molecule has 0 atom stereocenters. The summed E-state index contributed by atoms with van der Waals surface area (Å²) in [6, 6.07) is 15.3. The maximum absolute atomic E-state index is 12.4. The molecule has 0 spiro atoms. The molecule has 0 N–H and O–H groups in total. The molecule has 0 aliphatic heterocycles. The second-order valence-corrected chi connectivity index (χ2v) is 6.96. The third-order valence-electron chi connectivity index (χ3n) is 4.21. The first-order valence-corrected chi connectivity index (χ1v) is 9.33. The van der Waals surface area contributed by atoms with Crippen molar-refractivity contribution < 1.29 is 0 Å². The number of allylic oxidation sites excluding steroid dienone is 1. The summed E-state index contributed by atoms with van der Waals surface area (Å²) in [7, 11) is 0. The number of para-hydroxylation sites is 2. The molecule has 0 unspecified atom stereocenters. The summed E-state index contributed by atoms with van der Waals surface area (Å²) < 4.78 is 3.76. The van der Waals surface area contributed by atoms with Crippen LogP contribution in [0.25, 0.3) is 16.7 Å². The van der Waals surface area contributed by atoms with E-state index < -0.39 is 0 Å². The van der Waals surface area contributed by atoms with Crippen LogP contribution >= 0.6 is 11.8 Å². The topological polar surface area (TPSA) is 52.2 Å². The summed E-state index contributed by atoms with van der Waals surface area (Å²) in [4.78, 5) is 21.8. The zero-order valence-electron chi connectivity index (χ0n) is 14.4. The van der Waals surface area contributed by atoms with E-state index in [0.29, 0.717) is 17.9 Å². The molecule has 130 valence electrons. The number of pyridine rings is 1. The van der Waals surface area contributed by atoms with Crippen molar-refractivity contribution in [2.45, 2.75) is 24.4 Å². The predicted molar refractivity (Wildman–Crippen MR) is 106 cm³/mol. The van der Waals surface area contributed by atoms with Crippen molar-refractivity contribution >= 4 is 28.4 Å². The van der Waals surface area contributed by atoms with E-state index >= 15 is 0 Å². The quantitative estimate of drug-likeness (QED) is 0.400. The van der Waals surface area contributed by atoms with Gasteiger partial charge in [-0.2, -0.15) is 0 Å². The monoisotopic (exact) mass is 362 g/mol. The minimum Gasteiger partial charge on any atom is -0.315 e. The third-order valence-corrected chi connectivity index (χ3v) is 5.22. The van der Waals surface area contributed by atoms with Gasteiger partial charge in [-0.25, -0.2) is 9.97 Å². The fraction of sp³-hybridized carbons (Fsp3) is 0.150. The van der Waals surface area contributed by atoms with Gasteiger partial charge >= 0.3 is 0 Å². The first-order valence-electron chi connectivity index (χ1n) is 8.34. The van der Waals surface area contributed by atoms with E-state index in [9.17, 15) is 4.79 Å². The average molecular weight is 362 g/mol. The minimum absolute atomic E-state index is 0.0525. The highest BCUT2D eigenvalue weighted by molar-refractivity contribution is 7.98. The normalized spacial score (nSPS) is 11.3. The van der Waals surface area contributed by atoms with Crippen LogP contribution in [0.2, 0.25) is 0 Å². The van der Waals surface area contributed by atoms with Crippen molar-refractivity contribution in [2.24, 2.45) is 0 Å². The van der Waals surface area contributed by atoms with Crippen LogP contribution < -0.4 is 5.56 Å². The van der Waals surface area contributed by atoms with Gasteiger partial charge in [-0.15, -0.1) is 6.58 Å². The molecule has 4 rings (SSSR count). The number of nitrogens with zero attached hydrogens (tertiary/aromatic N) is 4. The highest BCUT2D eigenvalue weighted by atomic mass is 32.2. The van der Waals surface area contributed by atoms with E-state index in [1.165, 1.54) is 0 Å². The zero-order chi connectivity index (χ0) is 18.1. The van der Waals surface area contributed by atoms with Crippen LogP contribution in [0.3, 0.4) is 0 Å². The van der Waals surface area contributed by atoms with Crippen LogP contribution in [0.4, 0.5) is 0 Å². The first-order chi connectivity index (χ1) is 12.7. The van der Waals surface area contributed by atoms with Crippen molar-refractivity contribution in [2.75, 3.05) is 0 Å². The van der Waals surface area contributed by atoms with Gasteiger partial charge in [-0.3, -0.25) is 9.20 Å². The number of aryl methyl sites for hydroxylation is 1. The smallest absolute Gasteiger partial charge is 0.258 e. The van der Waals surface area contributed by atoms with E-state index in [1.807, 2.05) is 49.4 Å². The van der Waals surface area contributed by atoms with Gasteiger partial charge in [0.25, 0.3) is 5.56 Å². The lowest BCUT2D eigenvalue weighted by atomic mass is 10.3. The molecule has 0 bridgehead atoms. The van der Waals surface area contributed by atoms with Gasteiger partial charge in [0.2, 0.25) is 0 Å². The molecule has 0 aliphatic rings. The highest BCUT2D eigenvalue weighted by Crippen LogP contribution is 2.26. The Bertz CT molecular complexity index is 1180. The summed E-state index contributed by atoms with van der Waals surface area (Å²) in [6.45, 7) is 6.44. The van der Waals surface area contributed by atoms with E-state index in [1.54, 1.807) is 22.2 Å². The van der Waals surface area contributed by atoms with Crippen molar-refractivity contribution in [1.82, 2.24) is 18.9 Å².